The minimum atomic E-state index is -0.613. The van der Waals surface area contributed by atoms with Crippen LogP contribution in [0.4, 0.5) is 0 Å². The van der Waals surface area contributed by atoms with Crippen LogP contribution in [-0.2, 0) is 0 Å². The highest BCUT2D eigenvalue weighted by Gasteiger charge is 2.25. The van der Waals surface area contributed by atoms with E-state index in [9.17, 15) is 5.11 Å². The van der Waals surface area contributed by atoms with E-state index in [1.165, 1.54) is 32.1 Å². The van der Waals surface area contributed by atoms with Gasteiger partial charge in [0.2, 0.25) is 0 Å². The summed E-state index contributed by atoms with van der Waals surface area (Å²) in [6, 6.07) is 0.785. The quantitative estimate of drug-likeness (QED) is 0.707. The van der Waals surface area contributed by atoms with E-state index in [1.54, 1.807) is 0 Å². The van der Waals surface area contributed by atoms with Gasteiger partial charge in [0.25, 0.3) is 0 Å². The van der Waals surface area contributed by atoms with Gasteiger partial charge < -0.3 is 10.4 Å². The maximum atomic E-state index is 9.88. The van der Waals surface area contributed by atoms with Crippen LogP contribution in [0.25, 0.3) is 0 Å². The van der Waals surface area contributed by atoms with Gasteiger partial charge in [-0.2, -0.15) is 0 Å². The maximum absolute atomic E-state index is 9.88. The number of rotatable bonds is 3. The van der Waals surface area contributed by atoms with E-state index in [0.29, 0.717) is 6.04 Å². The Kier molecular flexibility index (Phi) is 4.60. The molecule has 90 valence electrons. The Bertz CT molecular complexity index is 185. The molecule has 2 N–H and O–H groups in total. The fraction of sp³-hybridized carbons (Fsp3) is 1.00. The van der Waals surface area contributed by atoms with Gasteiger partial charge in [0.1, 0.15) is 0 Å². The van der Waals surface area contributed by atoms with Crippen molar-refractivity contribution in [2.75, 3.05) is 0 Å². The first-order valence-corrected chi connectivity index (χ1v) is 6.38. The third-order valence-electron chi connectivity index (χ3n) is 3.80. The summed E-state index contributed by atoms with van der Waals surface area (Å²) in [6.07, 6.45) is 6.56. The second-order valence-corrected chi connectivity index (χ2v) is 5.85. The average Bonchev–Trinajstić information content (AvgIpc) is 2.29. The predicted molar refractivity (Wildman–Crippen MR) is 64.9 cm³/mol. The average molecular weight is 213 g/mol. The van der Waals surface area contributed by atoms with Crippen molar-refractivity contribution in [3.63, 3.8) is 0 Å². The van der Waals surface area contributed by atoms with Gasteiger partial charge >= 0.3 is 0 Å². The van der Waals surface area contributed by atoms with Crippen molar-refractivity contribution in [1.29, 1.82) is 0 Å². The SMILES string of the molecule is CC1CCCC(NC(C)C(C)(C)O)CC1. The second kappa shape index (κ2) is 5.31. The van der Waals surface area contributed by atoms with E-state index in [1.807, 2.05) is 13.8 Å². The summed E-state index contributed by atoms with van der Waals surface area (Å²) in [5, 5.41) is 13.4. The normalized spacial score (nSPS) is 31.0. The summed E-state index contributed by atoms with van der Waals surface area (Å²) in [6.45, 7) is 8.18. The summed E-state index contributed by atoms with van der Waals surface area (Å²) >= 11 is 0. The Balaban J connectivity index is 2.38. The van der Waals surface area contributed by atoms with Crippen LogP contribution in [0.1, 0.15) is 59.8 Å². The first-order chi connectivity index (χ1) is 6.89. The molecule has 3 atom stereocenters. The summed E-state index contributed by atoms with van der Waals surface area (Å²) in [4.78, 5) is 0. The summed E-state index contributed by atoms with van der Waals surface area (Å²) < 4.78 is 0. The molecule has 0 aromatic rings. The Morgan fingerprint density at radius 2 is 1.87 bits per heavy atom. The number of nitrogens with one attached hydrogen (secondary N) is 1. The van der Waals surface area contributed by atoms with Gasteiger partial charge in [-0.1, -0.05) is 19.8 Å². The van der Waals surface area contributed by atoms with Crippen LogP contribution in [0, 0.1) is 5.92 Å². The van der Waals surface area contributed by atoms with Crippen LogP contribution < -0.4 is 5.32 Å². The minimum absolute atomic E-state index is 0.177. The summed E-state index contributed by atoms with van der Waals surface area (Å²) in [5.41, 5.74) is -0.613. The van der Waals surface area contributed by atoms with Gasteiger partial charge in [0.05, 0.1) is 5.60 Å². The van der Waals surface area contributed by atoms with Crippen LogP contribution in [-0.4, -0.2) is 22.8 Å². The molecule has 1 fully saturated rings. The van der Waals surface area contributed by atoms with Crippen molar-refractivity contribution in [3.05, 3.63) is 0 Å². The van der Waals surface area contributed by atoms with Crippen LogP contribution >= 0.6 is 0 Å². The topological polar surface area (TPSA) is 32.3 Å². The monoisotopic (exact) mass is 213 g/mol. The zero-order valence-corrected chi connectivity index (χ0v) is 10.7. The molecule has 0 amide bonds. The lowest BCUT2D eigenvalue weighted by atomic mass is 9.98. The fourth-order valence-corrected chi connectivity index (χ4v) is 2.21. The van der Waals surface area contributed by atoms with Crippen molar-refractivity contribution in [2.24, 2.45) is 5.92 Å². The zero-order valence-electron chi connectivity index (χ0n) is 10.7. The van der Waals surface area contributed by atoms with Gasteiger partial charge in [-0.05, 0) is 46.0 Å². The highest BCUT2D eigenvalue weighted by molar-refractivity contribution is 4.84. The molecule has 2 nitrogen and oxygen atoms in total. The molecule has 3 unspecified atom stereocenters. The first-order valence-electron chi connectivity index (χ1n) is 6.38. The molecule has 1 saturated carbocycles. The molecule has 0 aromatic carbocycles. The Morgan fingerprint density at radius 1 is 1.20 bits per heavy atom. The van der Waals surface area contributed by atoms with Crippen molar-refractivity contribution >= 4 is 0 Å². The highest BCUT2D eigenvalue weighted by Crippen LogP contribution is 2.23. The Morgan fingerprint density at radius 3 is 2.47 bits per heavy atom. The molecule has 1 rings (SSSR count). The zero-order chi connectivity index (χ0) is 11.5. The maximum Gasteiger partial charge on any atom is 0.0741 e. The smallest absolute Gasteiger partial charge is 0.0741 e. The lowest BCUT2D eigenvalue weighted by Gasteiger charge is -2.31. The summed E-state index contributed by atoms with van der Waals surface area (Å²) in [7, 11) is 0. The van der Waals surface area contributed by atoms with Gasteiger partial charge in [0, 0.05) is 12.1 Å². The number of hydrogen-bond acceptors (Lipinski definition) is 2. The van der Waals surface area contributed by atoms with Crippen molar-refractivity contribution in [2.45, 2.75) is 77.5 Å². The van der Waals surface area contributed by atoms with E-state index >= 15 is 0 Å². The van der Waals surface area contributed by atoms with Crippen LogP contribution in [0.5, 0.6) is 0 Å². The van der Waals surface area contributed by atoms with Gasteiger partial charge in [-0.15, -0.1) is 0 Å². The molecule has 15 heavy (non-hydrogen) atoms. The van der Waals surface area contributed by atoms with Gasteiger partial charge in [-0.25, -0.2) is 0 Å². The second-order valence-electron chi connectivity index (χ2n) is 5.85. The lowest BCUT2D eigenvalue weighted by Crippen LogP contribution is -2.48. The van der Waals surface area contributed by atoms with E-state index in [-0.39, 0.29) is 6.04 Å². The van der Waals surface area contributed by atoms with Crippen LogP contribution in [0.15, 0.2) is 0 Å². The third kappa shape index (κ3) is 4.52. The molecule has 0 aromatic heterocycles. The molecular formula is C13H27NO. The molecule has 0 bridgehead atoms. The fourth-order valence-electron chi connectivity index (χ4n) is 2.21. The molecule has 0 heterocycles. The van der Waals surface area contributed by atoms with Crippen molar-refractivity contribution < 1.29 is 5.11 Å². The summed E-state index contributed by atoms with van der Waals surface area (Å²) in [5.74, 6) is 0.884. The molecule has 1 aliphatic rings. The van der Waals surface area contributed by atoms with Crippen molar-refractivity contribution in [1.82, 2.24) is 5.32 Å². The van der Waals surface area contributed by atoms with E-state index in [0.717, 1.165) is 5.92 Å². The molecule has 0 spiro atoms. The molecule has 1 aliphatic carbocycles. The Labute approximate surface area is 94.5 Å². The number of aliphatic hydroxyl groups is 1. The minimum Gasteiger partial charge on any atom is -0.389 e. The Hall–Kier alpha value is -0.0800. The molecule has 2 heteroatoms. The van der Waals surface area contributed by atoms with Crippen molar-refractivity contribution in [3.8, 4) is 0 Å². The highest BCUT2D eigenvalue weighted by atomic mass is 16.3. The van der Waals surface area contributed by atoms with Crippen LogP contribution in [0.3, 0.4) is 0 Å². The molecular weight excluding hydrogens is 186 g/mol. The van der Waals surface area contributed by atoms with E-state index < -0.39 is 5.60 Å². The largest absolute Gasteiger partial charge is 0.389 e. The first kappa shape index (κ1) is 13.0. The molecule has 0 saturated heterocycles. The number of hydrogen-bond donors (Lipinski definition) is 2. The predicted octanol–water partition coefficient (Wildman–Crippen LogP) is 2.70. The van der Waals surface area contributed by atoms with E-state index in [4.69, 9.17) is 0 Å². The third-order valence-corrected chi connectivity index (χ3v) is 3.80. The van der Waals surface area contributed by atoms with Crippen LogP contribution in [0.2, 0.25) is 0 Å². The van der Waals surface area contributed by atoms with E-state index in [2.05, 4.69) is 19.2 Å². The molecule has 0 aliphatic heterocycles. The standard InChI is InChI=1S/C13H27NO/c1-10-6-5-7-12(9-8-10)14-11(2)13(3,4)15/h10-12,14-15H,5-9H2,1-4H3. The van der Waals surface area contributed by atoms with Gasteiger partial charge in [-0.3, -0.25) is 0 Å². The lowest BCUT2D eigenvalue weighted by molar-refractivity contribution is 0.0389. The van der Waals surface area contributed by atoms with Gasteiger partial charge in [0.15, 0.2) is 0 Å². The molecule has 0 radical (unpaired) electrons.